The molecule has 4 heterocycles. The van der Waals surface area contributed by atoms with Crippen molar-refractivity contribution in [2.24, 2.45) is 0 Å². The first kappa shape index (κ1) is 21.4. The number of nitrogens with zero attached hydrogens (tertiary/aromatic N) is 4. The quantitative estimate of drug-likeness (QED) is 0.627. The molecule has 168 valence electrons. The van der Waals surface area contributed by atoms with E-state index in [2.05, 4.69) is 15.3 Å². The number of carbonyl (C=O) groups excluding carboxylic acids is 2. The smallest absolute Gasteiger partial charge is 0.259 e. The first-order chi connectivity index (χ1) is 15.7. The van der Waals surface area contributed by atoms with Crippen LogP contribution in [0.25, 0.3) is 0 Å². The van der Waals surface area contributed by atoms with Crippen molar-refractivity contribution in [1.29, 1.82) is 0 Å². The molecule has 1 N–H and O–H groups in total. The Bertz CT molecular complexity index is 1270. The van der Waals surface area contributed by atoms with Crippen molar-refractivity contribution < 1.29 is 9.59 Å². The van der Waals surface area contributed by atoms with Crippen molar-refractivity contribution in [3.63, 3.8) is 0 Å². The van der Waals surface area contributed by atoms with Gasteiger partial charge in [0, 0.05) is 36.1 Å². The van der Waals surface area contributed by atoms with Gasteiger partial charge in [0.2, 0.25) is 0 Å². The van der Waals surface area contributed by atoms with Crippen molar-refractivity contribution in [3.05, 3.63) is 82.4 Å². The minimum atomic E-state index is -0.556. The predicted octanol–water partition coefficient (Wildman–Crippen LogP) is 4.27. The van der Waals surface area contributed by atoms with E-state index in [-0.39, 0.29) is 17.9 Å². The summed E-state index contributed by atoms with van der Waals surface area (Å²) in [6.45, 7) is 7.11. The Morgan fingerprint density at radius 1 is 1.09 bits per heavy atom. The summed E-state index contributed by atoms with van der Waals surface area (Å²) < 4.78 is 0. The maximum Gasteiger partial charge on any atom is 0.259 e. The molecule has 1 fully saturated rings. The number of likely N-dealkylation sites (tertiary alicyclic amines) is 1. The lowest BCUT2D eigenvalue weighted by molar-refractivity contribution is 0.0624. The first-order valence-corrected chi connectivity index (χ1v) is 11.2. The van der Waals surface area contributed by atoms with Gasteiger partial charge in [-0.3, -0.25) is 24.5 Å². The minimum absolute atomic E-state index is 0.0167. The summed E-state index contributed by atoms with van der Waals surface area (Å²) in [7, 11) is 0. The van der Waals surface area contributed by atoms with Crippen LogP contribution in [0.5, 0.6) is 0 Å². The van der Waals surface area contributed by atoms with Gasteiger partial charge < -0.3 is 10.2 Å². The van der Waals surface area contributed by atoms with Gasteiger partial charge in [0.25, 0.3) is 11.8 Å². The molecule has 5 rings (SSSR count). The normalized spacial score (nSPS) is 17.0. The molecule has 0 unspecified atom stereocenters. The molecule has 0 aliphatic carbocycles. The number of amides is 2. The number of rotatable bonds is 4. The van der Waals surface area contributed by atoms with Crippen LogP contribution in [0.15, 0.2) is 55.1 Å². The summed E-state index contributed by atoms with van der Waals surface area (Å²) in [5.41, 5.74) is 4.08. The average Bonchev–Trinajstić information content (AvgIpc) is 2.95. The number of carbonyl (C=O) groups is 2. The maximum absolute atomic E-state index is 13.2. The molecule has 1 aromatic carbocycles. The fraction of sp³-hybridized carbons (Fsp3) is 0.280. The molecule has 0 radical (unpaired) electrons. The van der Waals surface area contributed by atoms with Crippen LogP contribution in [0.3, 0.4) is 0 Å². The molecule has 7 nitrogen and oxygen atoms in total. The highest BCUT2D eigenvalue weighted by Crippen LogP contribution is 2.43. The Kier molecular flexibility index (Phi) is 5.09. The molecule has 1 saturated heterocycles. The average molecular weight is 462 g/mol. The Morgan fingerprint density at radius 2 is 1.85 bits per heavy atom. The van der Waals surface area contributed by atoms with Crippen LogP contribution in [0, 0.1) is 6.92 Å². The van der Waals surface area contributed by atoms with E-state index in [1.54, 1.807) is 46.7 Å². The van der Waals surface area contributed by atoms with Gasteiger partial charge in [0.15, 0.2) is 0 Å². The number of pyridine rings is 2. The second kappa shape index (κ2) is 7.85. The SMILES string of the molecule is Cc1cncc(C(=O)N2CC(Nc3cncc(N4C(=O)c5ccc(Cl)cc5C4(C)C)c3)C2)c1. The molecular weight excluding hydrogens is 438 g/mol. The third-order valence-corrected chi connectivity index (χ3v) is 6.51. The Labute approximate surface area is 197 Å². The van der Waals surface area contributed by atoms with Gasteiger partial charge in [-0.05, 0) is 62.2 Å². The van der Waals surface area contributed by atoms with Gasteiger partial charge in [0.1, 0.15) is 0 Å². The summed E-state index contributed by atoms with van der Waals surface area (Å²) in [5.74, 6) is -0.0882. The van der Waals surface area contributed by atoms with Gasteiger partial charge in [-0.2, -0.15) is 0 Å². The number of hydrogen-bond acceptors (Lipinski definition) is 5. The van der Waals surface area contributed by atoms with Gasteiger partial charge in [-0.15, -0.1) is 0 Å². The van der Waals surface area contributed by atoms with E-state index in [1.807, 2.05) is 39.0 Å². The number of benzene rings is 1. The highest BCUT2D eigenvalue weighted by atomic mass is 35.5. The number of halogens is 1. The maximum atomic E-state index is 13.2. The van der Waals surface area contributed by atoms with Crippen molar-refractivity contribution in [2.75, 3.05) is 23.3 Å². The number of anilines is 2. The van der Waals surface area contributed by atoms with E-state index in [4.69, 9.17) is 11.6 Å². The van der Waals surface area contributed by atoms with Gasteiger partial charge in [-0.1, -0.05) is 11.6 Å². The number of hydrogen-bond donors (Lipinski definition) is 1. The third-order valence-electron chi connectivity index (χ3n) is 6.28. The summed E-state index contributed by atoms with van der Waals surface area (Å²) in [5, 5.41) is 4.04. The van der Waals surface area contributed by atoms with Crippen molar-refractivity contribution in [3.8, 4) is 0 Å². The predicted molar refractivity (Wildman–Crippen MR) is 128 cm³/mol. The molecule has 2 aliphatic heterocycles. The van der Waals surface area contributed by atoms with Crippen LogP contribution < -0.4 is 10.2 Å². The van der Waals surface area contributed by atoms with E-state index in [0.29, 0.717) is 34.9 Å². The van der Waals surface area contributed by atoms with E-state index >= 15 is 0 Å². The monoisotopic (exact) mass is 461 g/mol. The number of aromatic nitrogens is 2. The fourth-order valence-corrected chi connectivity index (χ4v) is 4.77. The molecule has 0 atom stereocenters. The molecule has 0 bridgehead atoms. The zero-order chi connectivity index (χ0) is 23.3. The lowest BCUT2D eigenvalue weighted by atomic mass is 9.93. The van der Waals surface area contributed by atoms with Crippen LogP contribution in [0.4, 0.5) is 11.4 Å². The largest absolute Gasteiger partial charge is 0.377 e. The van der Waals surface area contributed by atoms with Crippen molar-refractivity contribution in [2.45, 2.75) is 32.4 Å². The third kappa shape index (κ3) is 3.72. The number of fused-ring (bicyclic) bond motifs is 1. The van der Waals surface area contributed by atoms with Crippen LogP contribution in [-0.2, 0) is 5.54 Å². The van der Waals surface area contributed by atoms with Crippen LogP contribution in [0.2, 0.25) is 5.02 Å². The van der Waals surface area contributed by atoms with Gasteiger partial charge in [-0.25, -0.2) is 0 Å². The lowest BCUT2D eigenvalue weighted by Crippen LogP contribution is -2.57. The van der Waals surface area contributed by atoms with E-state index in [0.717, 1.165) is 16.8 Å². The molecule has 2 amide bonds. The Balaban J connectivity index is 1.29. The Hall–Kier alpha value is -3.45. The topological polar surface area (TPSA) is 78.4 Å². The second-order valence-corrected chi connectivity index (χ2v) is 9.56. The summed E-state index contributed by atoms with van der Waals surface area (Å²) in [6.07, 6.45) is 6.76. The fourth-order valence-electron chi connectivity index (χ4n) is 4.60. The van der Waals surface area contributed by atoms with Crippen molar-refractivity contribution in [1.82, 2.24) is 14.9 Å². The molecular formula is C25H24ClN5O2. The first-order valence-electron chi connectivity index (χ1n) is 10.8. The van der Waals surface area contributed by atoms with E-state index in [1.165, 1.54) is 0 Å². The van der Waals surface area contributed by atoms with Crippen molar-refractivity contribution >= 4 is 34.8 Å². The molecule has 3 aromatic rings. The zero-order valence-corrected chi connectivity index (χ0v) is 19.4. The van der Waals surface area contributed by atoms with E-state index < -0.39 is 5.54 Å². The standard InChI is InChI=1S/C25H24ClN5O2/c1-15-6-16(10-27-9-15)23(32)30-13-19(14-30)29-18-8-20(12-28-11-18)31-24(33)21-5-4-17(26)7-22(21)25(31,2)3/h4-12,19,29H,13-14H2,1-3H3. The van der Waals surface area contributed by atoms with Crippen LogP contribution in [-0.4, -0.2) is 45.8 Å². The molecule has 2 aromatic heterocycles. The van der Waals surface area contributed by atoms with Gasteiger partial charge >= 0.3 is 0 Å². The molecule has 8 heteroatoms. The highest BCUT2D eigenvalue weighted by Gasteiger charge is 2.44. The van der Waals surface area contributed by atoms with Crippen LogP contribution >= 0.6 is 11.6 Å². The highest BCUT2D eigenvalue weighted by molar-refractivity contribution is 6.31. The number of aryl methyl sites for hydroxylation is 1. The second-order valence-electron chi connectivity index (χ2n) is 9.12. The minimum Gasteiger partial charge on any atom is -0.377 e. The van der Waals surface area contributed by atoms with Crippen LogP contribution in [0.1, 0.15) is 45.7 Å². The molecule has 0 saturated carbocycles. The Morgan fingerprint density at radius 3 is 2.61 bits per heavy atom. The van der Waals surface area contributed by atoms with E-state index in [9.17, 15) is 9.59 Å². The number of nitrogens with one attached hydrogen (secondary N) is 1. The summed E-state index contributed by atoms with van der Waals surface area (Å²) >= 11 is 6.19. The molecule has 0 spiro atoms. The summed E-state index contributed by atoms with van der Waals surface area (Å²) in [4.78, 5) is 37.8. The lowest BCUT2D eigenvalue weighted by Gasteiger charge is -2.40. The molecule has 2 aliphatic rings. The summed E-state index contributed by atoms with van der Waals surface area (Å²) in [6, 6.07) is 9.26. The van der Waals surface area contributed by atoms with Gasteiger partial charge in [0.05, 0.1) is 40.9 Å². The molecule has 33 heavy (non-hydrogen) atoms. The zero-order valence-electron chi connectivity index (χ0n) is 18.7.